The number of piperidine rings is 1. The third-order valence-corrected chi connectivity index (χ3v) is 8.58. The summed E-state index contributed by atoms with van der Waals surface area (Å²) in [4.78, 5) is 16.9. The lowest BCUT2D eigenvalue weighted by molar-refractivity contribution is -0.0347. The van der Waals surface area contributed by atoms with Gasteiger partial charge in [0.05, 0.1) is 0 Å². The molecule has 1 atom stereocenters. The molecule has 1 amide bonds. The third kappa shape index (κ3) is 5.13. The first-order valence-corrected chi connectivity index (χ1v) is 13.3. The van der Waals surface area contributed by atoms with E-state index >= 15 is 0 Å². The lowest BCUT2D eigenvalue weighted by atomic mass is 9.78. The van der Waals surface area contributed by atoms with E-state index < -0.39 is 5.60 Å². The van der Waals surface area contributed by atoms with Crippen molar-refractivity contribution in [3.8, 4) is 0 Å². The highest BCUT2D eigenvalue weighted by Crippen LogP contribution is 2.48. The van der Waals surface area contributed by atoms with Crippen LogP contribution in [0.3, 0.4) is 0 Å². The zero-order chi connectivity index (χ0) is 23.9. The van der Waals surface area contributed by atoms with E-state index in [9.17, 15) is 9.18 Å². The first-order valence-electron chi connectivity index (χ1n) is 13.3. The van der Waals surface area contributed by atoms with Gasteiger partial charge in [0.1, 0.15) is 11.4 Å². The van der Waals surface area contributed by atoms with Crippen LogP contribution in [0.25, 0.3) is 0 Å². The Morgan fingerprint density at radius 1 is 1.03 bits per heavy atom. The van der Waals surface area contributed by atoms with Gasteiger partial charge in [-0.1, -0.05) is 6.07 Å². The molecule has 1 saturated carbocycles. The van der Waals surface area contributed by atoms with Crippen LogP contribution < -0.4 is 0 Å². The van der Waals surface area contributed by atoms with Crippen molar-refractivity contribution in [1.29, 1.82) is 0 Å². The predicted molar refractivity (Wildman–Crippen MR) is 131 cm³/mol. The van der Waals surface area contributed by atoms with Crippen molar-refractivity contribution in [2.75, 3.05) is 39.4 Å². The highest BCUT2D eigenvalue weighted by Gasteiger charge is 2.51. The minimum absolute atomic E-state index is 0.106. The summed E-state index contributed by atoms with van der Waals surface area (Å²) in [5.74, 6) is 0.848. The number of amides is 1. The Bertz CT molecular complexity index is 878. The Morgan fingerprint density at radius 3 is 2.38 bits per heavy atom. The summed E-state index contributed by atoms with van der Waals surface area (Å²) in [6.07, 6.45) is 7.74. The molecular weight excluding hydrogens is 431 g/mol. The van der Waals surface area contributed by atoms with Crippen molar-refractivity contribution >= 4 is 6.09 Å². The van der Waals surface area contributed by atoms with Crippen molar-refractivity contribution in [2.24, 2.45) is 5.41 Å². The zero-order valence-corrected chi connectivity index (χ0v) is 21.2. The Balaban J connectivity index is 1.15. The largest absolute Gasteiger partial charge is 0.444 e. The fourth-order valence-corrected chi connectivity index (χ4v) is 6.85. The topological polar surface area (TPSA) is 42.0 Å². The lowest BCUT2D eigenvalue weighted by Crippen LogP contribution is -2.58. The van der Waals surface area contributed by atoms with Crippen molar-refractivity contribution in [2.45, 2.75) is 89.2 Å². The number of nitrogens with zero attached hydrogens (tertiary/aromatic N) is 2. The molecular formula is C28H41FN2O3. The standard InChI is InChI=1S/C28H41FN2O3/c1-27(2,3)34-26(32)31-18-28(19-31)11-6-23(17-28)30-12-7-20(8-13-30)25-16-22(29)4-5-24(25)21-9-14-33-15-10-21/h4-5,16,20-21,23H,6-15,17-19H2,1-3H3. The number of hydrogen-bond acceptors (Lipinski definition) is 4. The van der Waals surface area contributed by atoms with E-state index in [1.165, 1.54) is 30.4 Å². The molecule has 1 aromatic carbocycles. The van der Waals surface area contributed by atoms with Gasteiger partial charge < -0.3 is 19.3 Å². The van der Waals surface area contributed by atoms with Crippen molar-refractivity contribution in [3.63, 3.8) is 0 Å². The molecule has 3 heterocycles. The van der Waals surface area contributed by atoms with Crippen molar-refractivity contribution in [1.82, 2.24) is 9.80 Å². The summed E-state index contributed by atoms with van der Waals surface area (Å²) >= 11 is 0. The van der Waals surface area contributed by atoms with Gasteiger partial charge in [0.25, 0.3) is 0 Å². The molecule has 1 aliphatic carbocycles. The third-order valence-electron chi connectivity index (χ3n) is 8.58. The van der Waals surface area contributed by atoms with E-state index in [4.69, 9.17) is 9.47 Å². The van der Waals surface area contributed by atoms with Gasteiger partial charge in [0, 0.05) is 37.8 Å². The van der Waals surface area contributed by atoms with Gasteiger partial charge in [0.15, 0.2) is 0 Å². The molecule has 0 N–H and O–H groups in total. The Labute approximate surface area is 204 Å². The van der Waals surface area contributed by atoms with Gasteiger partial charge in [-0.3, -0.25) is 0 Å². The summed E-state index contributed by atoms with van der Waals surface area (Å²) < 4.78 is 25.3. The monoisotopic (exact) mass is 472 g/mol. The molecule has 6 heteroatoms. The molecule has 3 aliphatic heterocycles. The highest BCUT2D eigenvalue weighted by atomic mass is 19.1. The summed E-state index contributed by atoms with van der Waals surface area (Å²) in [5.41, 5.74) is 2.47. The molecule has 0 bridgehead atoms. The van der Waals surface area contributed by atoms with E-state index in [-0.39, 0.29) is 17.3 Å². The average molecular weight is 473 g/mol. The van der Waals surface area contributed by atoms with E-state index in [1.54, 1.807) is 6.07 Å². The highest BCUT2D eigenvalue weighted by molar-refractivity contribution is 5.69. The minimum atomic E-state index is -0.436. The Kier molecular flexibility index (Phi) is 6.66. The molecule has 4 fully saturated rings. The molecule has 1 aromatic rings. The van der Waals surface area contributed by atoms with Crippen LogP contribution >= 0.6 is 0 Å². The normalized spacial score (nSPS) is 26.6. The van der Waals surface area contributed by atoms with Gasteiger partial charge in [-0.05, 0) is 114 Å². The first-order chi connectivity index (χ1) is 16.2. The minimum Gasteiger partial charge on any atom is -0.444 e. The van der Waals surface area contributed by atoms with Crippen LogP contribution in [0.5, 0.6) is 0 Å². The van der Waals surface area contributed by atoms with E-state index in [1.807, 2.05) is 37.8 Å². The molecule has 0 aromatic heterocycles. The van der Waals surface area contributed by atoms with Crippen molar-refractivity contribution in [3.05, 3.63) is 35.1 Å². The van der Waals surface area contributed by atoms with Crippen LogP contribution in [0.15, 0.2) is 18.2 Å². The predicted octanol–water partition coefficient (Wildman–Crippen LogP) is 5.69. The molecule has 5 nitrogen and oxygen atoms in total. The number of carbonyl (C=O) groups excluding carboxylic acids is 1. The summed E-state index contributed by atoms with van der Waals surface area (Å²) in [6, 6.07) is 6.11. The van der Waals surface area contributed by atoms with Crippen LogP contribution in [0.2, 0.25) is 0 Å². The number of carbonyl (C=O) groups is 1. The molecule has 34 heavy (non-hydrogen) atoms. The maximum atomic E-state index is 14.2. The average Bonchev–Trinajstić information content (AvgIpc) is 3.24. The fourth-order valence-electron chi connectivity index (χ4n) is 6.85. The van der Waals surface area contributed by atoms with Gasteiger partial charge >= 0.3 is 6.09 Å². The number of ether oxygens (including phenoxy) is 2. The lowest BCUT2D eigenvalue weighted by Gasteiger charge is -2.48. The second-order valence-electron chi connectivity index (χ2n) is 12.2. The second kappa shape index (κ2) is 9.42. The SMILES string of the molecule is CC(C)(C)OC(=O)N1CC2(CCC(N3CCC(c4cc(F)ccc4C4CCOCC4)CC3)C2)C1. The summed E-state index contributed by atoms with van der Waals surface area (Å²) in [7, 11) is 0. The molecule has 5 rings (SSSR count). The molecule has 1 spiro atoms. The second-order valence-corrected chi connectivity index (χ2v) is 12.2. The quantitative estimate of drug-likeness (QED) is 0.567. The van der Waals surface area contributed by atoms with E-state index in [2.05, 4.69) is 4.90 Å². The van der Waals surface area contributed by atoms with E-state index in [0.29, 0.717) is 17.9 Å². The van der Waals surface area contributed by atoms with Gasteiger partial charge in [-0.25, -0.2) is 9.18 Å². The Hall–Kier alpha value is -1.66. The molecule has 188 valence electrons. The fraction of sp³-hybridized carbons (Fsp3) is 0.750. The zero-order valence-electron chi connectivity index (χ0n) is 21.2. The maximum absolute atomic E-state index is 14.2. The number of benzene rings is 1. The number of likely N-dealkylation sites (tertiary alicyclic amines) is 2. The van der Waals surface area contributed by atoms with Gasteiger partial charge in [-0.2, -0.15) is 0 Å². The summed E-state index contributed by atoms with van der Waals surface area (Å²) in [6.45, 7) is 11.3. The summed E-state index contributed by atoms with van der Waals surface area (Å²) in [5, 5.41) is 0. The number of rotatable bonds is 3. The van der Waals surface area contributed by atoms with E-state index in [0.717, 1.165) is 65.1 Å². The Morgan fingerprint density at radius 2 is 1.71 bits per heavy atom. The molecule has 0 radical (unpaired) electrons. The van der Waals surface area contributed by atoms with Crippen LogP contribution in [-0.4, -0.2) is 66.9 Å². The number of hydrogen-bond donors (Lipinski definition) is 0. The van der Waals surface area contributed by atoms with Gasteiger partial charge in [-0.15, -0.1) is 0 Å². The van der Waals surface area contributed by atoms with Gasteiger partial charge in [0.2, 0.25) is 0 Å². The number of halogens is 1. The maximum Gasteiger partial charge on any atom is 0.410 e. The van der Waals surface area contributed by atoms with Crippen LogP contribution in [0.4, 0.5) is 9.18 Å². The first kappa shape index (κ1) is 24.1. The molecule has 4 aliphatic rings. The van der Waals surface area contributed by atoms with Crippen LogP contribution in [-0.2, 0) is 9.47 Å². The smallest absolute Gasteiger partial charge is 0.410 e. The molecule has 1 unspecified atom stereocenters. The van der Waals surface area contributed by atoms with Crippen LogP contribution in [0.1, 0.15) is 88.7 Å². The van der Waals surface area contributed by atoms with Crippen molar-refractivity contribution < 1.29 is 18.7 Å². The van der Waals surface area contributed by atoms with Crippen LogP contribution in [0, 0.1) is 11.2 Å². The molecule has 3 saturated heterocycles.